The van der Waals surface area contributed by atoms with Crippen molar-refractivity contribution in [3.63, 3.8) is 0 Å². The van der Waals surface area contributed by atoms with Crippen LogP contribution in [0.2, 0.25) is 5.02 Å². The van der Waals surface area contributed by atoms with E-state index in [-0.39, 0.29) is 6.10 Å². The zero-order valence-electron chi connectivity index (χ0n) is 16.4. The first kappa shape index (κ1) is 20.1. The summed E-state index contributed by atoms with van der Waals surface area (Å²) in [7, 11) is 0. The molecule has 29 heavy (non-hydrogen) atoms. The predicted octanol–water partition coefficient (Wildman–Crippen LogP) is 5.39. The van der Waals surface area contributed by atoms with E-state index in [1.54, 1.807) is 11.3 Å². The molecule has 4 nitrogen and oxygen atoms in total. The number of benzene rings is 2. The van der Waals surface area contributed by atoms with Crippen molar-refractivity contribution in [2.24, 2.45) is 10.1 Å². The highest BCUT2D eigenvalue weighted by molar-refractivity contribution is 7.07. The van der Waals surface area contributed by atoms with Gasteiger partial charge in [-0.15, -0.1) is 11.3 Å². The molecule has 0 N–H and O–H groups in total. The fourth-order valence-corrected chi connectivity index (χ4v) is 4.24. The van der Waals surface area contributed by atoms with Crippen molar-refractivity contribution in [3.8, 4) is 11.3 Å². The molecule has 6 heteroatoms. The first-order valence-electron chi connectivity index (χ1n) is 9.95. The smallest absolute Gasteiger partial charge is 0.206 e. The monoisotopic (exact) mass is 425 g/mol. The molecule has 2 aromatic carbocycles. The Kier molecular flexibility index (Phi) is 6.60. The normalized spacial score (nSPS) is 17.4. The van der Waals surface area contributed by atoms with Gasteiger partial charge in [0.15, 0.2) is 0 Å². The fourth-order valence-electron chi connectivity index (χ4n) is 3.27. The molecule has 1 atom stereocenters. The minimum absolute atomic E-state index is 0.218. The molecular weight excluding hydrogens is 402 g/mol. The van der Waals surface area contributed by atoms with Gasteiger partial charge in [-0.05, 0) is 42.5 Å². The number of ether oxygens (including phenoxy) is 1. The van der Waals surface area contributed by atoms with Crippen LogP contribution in [-0.2, 0) is 11.2 Å². The Morgan fingerprint density at radius 3 is 2.66 bits per heavy atom. The molecule has 150 valence electrons. The Balaban J connectivity index is 1.68. The Morgan fingerprint density at radius 2 is 1.97 bits per heavy atom. The van der Waals surface area contributed by atoms with Crippen molar-refractivity contribution in [1.29, 1.82) is 0 Å². The summed E-state index contributed by atoms with van der Waals surface area (Å²) in [6.45, 7) is 3.67. The molecule has 1 aromatic heterocycles. The molecule has 0 saturated carbocycles. The molecule has 1 aliphatic rings. The van der Waals surface area contributed by atoms with Crippen molar-refractivity contribution >= 4 is 29.2 Å². The van der Waals surface area contributed by atoms with Crippen LogP contribution in [0.5, 0.6) is 0 Å². The molecule has 0 bridgehead atoms. The number of rotatable bonds is 6. The highest BCUT2D eigenvalue weighted by Crippen LogP contribution is 2.22. The van der Waals surface area contributed by atoms with Gasteiger partial charge >= 0.3 is 0 Å². The van der Waals surface area contributed by atoms with Crippen LogP contribution in [0, 0.1) is 0 Å². The molecule has 2 heterocycles. The van der Waals surface area contributed by atoms with Crippen molar-refractivity contribution in [1.82, 2.24) is 4.68 Å². The lowest BCUT2D eigenvalue weighted by Crippen LogP contribution is -2.17. The summed E-state index contributed by atoms with van der Waals surface area (Å²) >= 11 is 7.66. The number of thiazole rings is 1. The molecule has 4 rings (SSSR count). The largest absolute Gasteiger partial charge is 0.376 e. The molecule has 1 fully saturated rings. The van der Waals surface area contributed by atoms with Gasteiger partial charge in [0.1, 0.15) is 0 Å². The summed E-state index contributed by atoms with van der Waals surface area (Å²) in [6.07, 6.45) is 5.33. The van der Waals surface area contributed by atoms with Gasteiger partial charge < -0.3 is 4.74 Å². The Labute approximate surface area is 180 Å². The Hall–Kier alpha value is -2.21. The third-order valence-corrected chi connectivity index (χ3v) is 6.10. The van der Waals surface area contributed by atoms with E-state index in [1.807, 2.05) is 35.2 Å². The molecule has 1 unspecified atom stereocenters. The van der Waals surface area contributed by atoms with E-state index in [1.165, 1.54) is 5.56 Å². The SMILES string of the molecule is CCc1ccc(C=Nn2c(-c3ccc(Cl)cc3)csc2=NCC2CCCO2)cc1. The van der Waals surface area contributed by atoms with Crippen molar-refractivity contribution < 1.29 is 4.74 Å². The van der Waals surface area contributed by atoms with Crippen LogP contribution in [0.3, 0.4) is 0 Å². The second-order valence-corrected chi connectivity index (χ2v) is 8.31. The van der Waals surface area contributed by atoms with Gasteiger partial charge in [-0.2, -0.15) is 5.10 Å². The molecule has 0 amide bonds. The lowest BCUT2D eigenvalue weighted by molar-refractivity contribution is 0.117. The number of nitrogens with zero attached hydrogens (tertiary/aromatic N) is 3. The Morgan fingerprint density at radius 1 is 1.17 bits per heavy atom. The number of halogens is 1. The van der Waals surface area contributed by atoms with E-state index in [0.717, 1.165) is 52.5 Å². The first-order chi connectivity index (χ1) is 14.2. The lowest BCUT2D eigenvalue weighted by Gasteiger charge is -2.06. The molecule has 1 aliphatic heterocycles. The van der Waals surface area contributed by atoms with E-state index in [4.69, 9.17) is 26.4 Å². The summed E-state index contributed by atoms with van der Waals surface area (Å²) in [4.78, 5) is 5.68. The minimum atomic E-state index is 0.218. The second kappa shape index (κ2) is 9.53. The summed E-state index contributed by atoms with van der Waals surface area (Å²) in [5, 5.41) is 7.58. The van der Waals surface area contributed by atoms with E-state index < -0.39 is 0 Å². The maximum absolute atomic E-state index is 6.07. The van der Waals surface area contributed by atoms with Crippen LogP contribution >= 0.6 is 22.9 Å². The molecule has 0 radical (unpaired) electrons. The summed E-state index contributed by atoms with van der Waals surface area (Å²) in [6, 6.07) is 16.3. The summed E-state index contributed by atoms with van der Waals surface area (Å²) in [5.41, 5.74) is 4.44. The molecular formula is C23H24ClN3OS. The van der Waals surface area contributed by atoms with E-state index in [0.29, 0.717) is 6.54 Å². The van der Waals surface area contributed by atoms with Gasteiger partial charge in [-0.1, -0.05) is 54.9 Å². The topological polar surface area (TPSA) is 38.9 Å². The van der Waals surface area contributed by atoms with Crippen LogP contribution in [0.1, 0.15) is 30.9 Å². The summed E-state index contributed by atoms with van der Waals surface area (Å²) in [5.74, 6) is 0. The van der Waals surface area contributed by atoms with Crippen molar-refractivity contribution in [3.05, 3.63) is 74.9 Å². The maximum atomic E-state index is 6.07. The average molecular weight is 426 g/mol. The second-order valence-electron chi connectivity index (χ2n) is 7.04. The maximum Gasteiger partial charge on any atom is 0.206 e. The number of hydrogen-bond acceptors (Lipinski definition) is 4. The van der Waals surface area contributed by atoms with Gasteiger partial charge in [0, 0.05) is 22.6 Å². The van der Waals surface area contributed by atoms with E-state index in [9.17, 15) is 0 Å². The Bertz CT molecular complexity index is 1030. The zero-order valence-corrected chi connectivity index (χ0v) is 18.0. The van der Waals surface area contributed by atoms with Gasteiger partial charge in [0.05, 0.1) is 24.6 Å². The van der Waals surface area contributed by atoms with Crippen molar-refractivity contribution in [2.75, 3.05) is 13.2 Å². The third kappa shape index (κ3) is 5.04. The van der Waals surface area contributed by atoms with Crippen LogP contribution < -0.4 is 4.80 Å². The molecule has 0 aliphatic carbocycles. The summed E-state index contributed by atoms with van der Waals surface area (Å²) < 4.78 is 7.63. The number of aromatic nitrogens is 1. The minimum Gasteiger partial charge on any atom is -0.376 e. The fraction of sp³-hybridized carbons (Fsp3) is 0.304. The van der Waals surface area contributed by atoms with Gasteiger partial charge in [0.25, 0.3) is 0 Å². The standard InChI is InChI=1S/C23H24ClN3OS/c1-2-17-5-7-18(8-6-17)14-26-27-22(19-9-11-20(24)12-10-19)16-29-23(27)25-15-21-4-3-13-28-21/h5-12,14,16,21H,2-4,13,15H2,1H3. The van der Waals surface area contributed by atoms with E-state index >= 15 is 0 Å². The molecule has 3 aromatic rings. The van der Waals surface area contributed by atoms with Crippen LogP contribution in [0.4, 0.5) is 0 Å². The average Bonchev–Trinajstić information content (AvgIpc) is 3.41. The van der Waals surface area contributed by atoms with Crippen molar-refractivity contribution in [2.45, 2.75) is 32.3 Å². The highest BCUT2D eigenvalue weighted by atomic mass is 35.5. The number of aryl methyl sites for hydroxylation is 1. The quantitative estimate of drug-likeness (QED) is 0.487. The lowest BCUT2D eigenvalue weighted by atomic mass is 10.1. The first-order valence-corrected chi connectivity index (χ1v) is 11.2. The third-order valence-electron chi connectivity index (χ3n) is 4.99. The van der Waals surface area contributed by atoms with Gasteiger partial charge in [-0.3, -0.25) is 4.99 Å². The molecule has 0 spiro atoms. The van der Waals surface area contributed by atoms with Crippen LogP contribution in [0.15, 0.2) is 64.0 Å². The predicted molar refractivity (Wildman–Crippen MR) is 121 cm³/mol. The van der Waals surface area contributed by atoms with Crippen LogP contribution in [-0.4, -0.2) is 30.1 Å². The zero-order chi connectivity index (χ0) is 20.1. The van der Waals surface area contributed by atoms with Gasteiger partial charge in [0.2, 0.25) is 4.80 Å². The van der Waals surface area contributed by atoms with Crippen LogP contribution in [0.25, 0.3) is 11.3 Å². The molecule has 1 saturated heterocycles. The highest BCUT2D eigenvalue weighted by Gasteiger charge is 2.15. The van der Waals surface area contributed by atoms with Gasteiger partial charge in [-0.25, -0.2) is 4.68 Å². The van der Waals surface area contributed by atoms with E-state index in [2.05, 4.69) is 36.6 Å². The number of hydrogen-bond donors (Lipinski definition) is 0.